The fourth-order valence-electron chi connectivity index (χ4n) is 3.96. The van der Waals surface area contributed by atoms with E-state index in [2.05, 4.69) is 39.1 Å². The summed E-state index contributed by atoms with van der Waals surface area (Å²) in [6.45, 7) is 7.81. The molecule has 0 radical (unpaired) electrons. The maximum Gasteiger partial charge on any atom is 0.225 e. The van der Waals surface area contributed by atoms with Gasteiger partial charge in [-0.05, 0) is 43.7 Å². The van der Waals surface area contributed by atoms with Crippen LogP contribution in [-0.4, -0.2) is 60.3 Å². The van der Waals surface area contributed by atoms with Crippen molar-refractivity contribution in [2.45, 2.75) is 39.0 Å². The van der Waals surface area contributed by atoms with Gasteiger partial charge in [-0.15, -0.1) is 10.2 Å². The summed E-state index contributed by atoms with van der Waals surface area (Å²) in [6, 6.07) is 4.19. The first-order valence-electron chi connectivity index (χ1n) is 9.83. The smallest absolute Gasteiger partial charge is 0.225 e. The maximum atomic E-state index is 12.3. The second-order valence-electron chi connectivity index (χ2n) is 7.86. The Hall–Kier alpha value is -1.85. The number of anilines is 2. The van der Waals surface area contributed by atoms with Gasteiger partial charge >= 0.3 is 0 Å². The highest BCUT2D eigenvalue weighted by atomic mass is 16.2. The summed E-state index contributed by atoms with van der Waals surface area (Å²) < 4.78 is 0. The van der Waals surface area contributed by atoms with Gasteiger partial charge in [0.25, 0.3) is 0 Å². The van der Waals surface area contributed by atoms with Crippen LogP contribution in [0.5, 0.6) is 0 Å². The van der Waals surface area contributed by atoms with Crippen LogP contribution in [0.25, 0.3) is 0 Å². The van der Waals surface area contributed by atoms with E-state index in [1.807, 2.05) is 4.90 Å². The summed E-state index contributed by atoms with van der Waals surface area (Å²) in [7, 11) is 0. The van der Waals surface area contributed by atoms with Gasteiger partial charge in [-0.3, -0.25) is 4.79 Å². The SMILES string of the molecule is CC1CCN(c2ccc(N3CCN(C(=O)C4CCC4)CC3)nn2)CC1. The monoisotopic (exact) mass is 343 g/mol. The summed E-state index contributed by atoms with van der Waals surface area (Å²) in [6.07, 6.45) is 5.86. The summed E-state index contributed by atoms with van der Waals surface area (Å²) in [5, 5.41) is 8.92. The van der Waals surface area contributed by atoms with Gasteiger partial charge < -0.3 is 14.7 Å². The molecule has 25 heavy (non-hydrogen) atoms. The highest BCUT2D eigenvalue weighted by Gasteiger charge is 2.31. The lowest BCUT2D eigenvalue weighted by Gasteiger charge is -2.38. The van der Waals surface area contributed by atoms with Crippen LogP contribution in [0.4, 0.5) is 11.6 Å². The Morgan fingerprint density at radius 1 is 0.880 bits per heavy atom. The van der Waals surface area contributed by atoms with Gasteiger partial charge in [-0.25, -0.2) is 0 Å². The van der Waals surface area contributed by atoms with Crippen molar-refractivity contribution in [2.75, 3.05) is 49.1 Å². The van der Waals surface area contributed by atoms with Crippen LogP contribution in [0.1, 0.15) is 39.0 Å². The zero-order chi connectivity index (χ0) is 17.2. The first kappa shape index (κ1) is 16.6. The molecule has 0 spiro atoms. The number of nitrogens with zero attached hydrogens (tertiary/aromatic N) is 5. The molecule has 1 aliphatic carbocycles. The van der Waals surface area contributed by atoms with Gasteiger partial charge in [-0.1, -0.05) is 13.3 Å². The molecular formula is C19H29N5O. The summed E-state index contributed by atoms with van der Waals surface area (Å²) >= 11 is 0. The van der Waals surface area contributed by atoms with Crippen LogP contribution in [0.15, 0.2) is 12.1 Å². The predicted molar refractivity (Wildman–Crippen MR) is 98.8 cm³/mol. The van der Waals surface area contributed by atoms with E-state index >= 15 is 0 Å². The van der Waals surface area contributed by atoms with Gasteiger partial charge in [0.1, 0.15) is 0 Å². The number of hydrogen-bond acceptors (Lipinski definition) is 5. The third kappa shape index (κ3) is 3.58. The van der Waals surface area contributed by atoms with Crippen LogP contribution in [-0.2, 0) is 4.79 Å². The largest absolute Gasteiger partial charge is 0.355 e. The summed E-state index contributed by atoms with van der Waals surface area (Å²) in [5.74, 6) is 3.42. The van der Waals surface area contributed by atoms with Crippen LogP contribution >= 0.6 is 0 Å². The molecule has 1 amide bonds. The van der Waals surface area contributed by atoms with E-state index in [0.717, 1.165) is 69.7 Å². The number of amides is 1. The topological polar surface area (TPSA) is 52.6 Å². The third-order valence-electron chi connectivity index (χ3n) is 6.11. The highest BCUT2D eigenvalue weighted by Crippen LogP contribution is 2.29. The van der Waals surface area contributed by atoms with Gasteiger partial charge in [0.05, 0.1) is 0 Å². The number of aromatic nitrogens is 2. The minimum Gasteiger partial charge on any atom is -0.355 e. The lowest BCUT2D eigenvalue weighted by atomic mass is 9.84. The standard InChI is InChI=1S/C19H29N5O/c1-15-7-9-22(10-8-15)17-5-6-18(21-20-17)23-11-13-24(14-12-23)19(25)16-3-2-4-16/h5-6,15-16H,2-4,7-14H2,1H3. The lowest BCUT2D eigenvalue weighted by Crippen LogP contribution is -2.51. The molecule has 3 fully saturated rings. The van der Waals surface area contributed by atoms with Gasteiger partial charge in [0.2, 0.25) is 5.91 Å². The second kappa shape index (κ2) is 7.18. The predicted octanol–water partition coefficient (Wildman–Crippen LogP) is 2.16. The zero-order valence-corrected chi connectivity index (χ0v) is 15.2. The second-order valence-corrected chi connectivity index (χ2v) is 7.86. The molecule has 3 aliphatic rings. The zero-order valence-electron chi connectivity index (χ0n) is 15.2. The Kier molecular flexibility index (Phi) is 4.77. The number of carbonyl (C=O) groups excluding carboxylic acids is 1. The fraction of sp³-hybridized carbons (Fsp3) is 0.737. The van der Waals surface area contributed by atoms with E-state index in [4.69, 9.17) is 0 Å². The Balaban J connectivity index is 1.31. The van der Waals surface area contributed by atoms with Crippen LogP contribution in [0, 0.1) is 11.8 Å². The average Bonchev–Trinajstić information content (AvgIpc) is 2.61. The van der Waals surface area contributed by atoms with Crippen molar-refractivity contribution in [1.82, 2.24) is 15.1 Å². The molecule has 0 unspecified atom stereocenters. The van der Waals surface area contributed by atoms with Gasteiger partial charge in [-0.2, -0.15) is 0 Å². The molecule has 136 valence electrons. The number of piperidine rings is 1. The molecule has 0 bridgehead atoms. The molecular weight excluding hydrogens is 314 g/mol. The third-order valence-corrected chi connectivity index (χ3v) is 6.11. The summed E-state index contributed by atoms with van der Waals surface area (Å²) in [5.41, 5.74) is 0. The van der Waals surface area contributed by atoms with E-state index in [0.29, 0.717) is 11.8 Å². The molecule has 1 saturated carbocycles. The van der Waals surface area contributed by atoms with Crippen molar-refractivity contribution in [2.24, 2.45) is 11.8 Å². The minimum absolute atomic E-state index is 0.304. The van der Waals surface area contributed by atoms with Crippen molar-refractivity contribution in [1.29, 1.82) is 0 Å². The van der Waals surface area contributed by atoms with E-state index in [1.165, 1.54) is 19.3 Å². The Morgan fingerprint density at radius 3 is 1.92 bits per heavy atom. The normalized spacial score (nSPS) is 22.8. The highest BCUT2D eigenvalue weighted by molar-refractivity contribution is 5.79. The molecule has 0 atom stereocenters. The quantitative estimate of drug-likeness (QED) is 0.842. The molecule has 2 aliphatic heterocycles. The van der Waals surface area contributed by atoms with E-state index in [9.17, 15) is 4.79 Å². The minimum atomic E-state index is 0.304. The molecule has 3 heterocycles. The number of hydrogen-bond donors (Lipinski definition) is 0. The maximum absolute atomic E-state index is 12.3. The van der Waals surface area contributed by atoms with Gasteiger partial charge in [0, 0.05) is 45.2 Å². The molecule has 1 aromatic rings. The fourth-order valence-corrected chi connectivity index (χ4v) is 3.96. The van der Waals surface area contributed by atoms with Crippen LogP contribution in [0.2, 0.25) is 0 Å². The first-order valence-corrected chi connectivity index (χ1v) is 9.83. The van der Waals surface area contributed by atoms with E-state index in [-0.39, 0.29) is 0 Å². The molecule has 0 aromatic carbocycles. The number of piperazine rings is 1. The van der Waals surface area contributed by atoms with Crippen molar-refractivity contribution in [3.63, 3.8) is 0 Å². The number of rotatable bonds is 3. The average molecular weight is 343 g/mol. The number of carbonyl (C=O) groups is 1. The Labute approximate surface area is 150 Å². The van der Waals surface area contributed by atoms with Gasteiger partial charge in [0.15, 0.2) is 11.6 Å². The molecule has 2 saturated heterocycles. The van der Waals surface area contributed by atoms with Crippen molar-refractivity contribution >= 4 is 17.5 Å². The van der Waals surface area contributed by atoms with Crippen LogP contribution in [0.3, 0.4) is 0 Å². The van der Waals surface area contributed by atoms with Crippen molar-refractivity contribution in [3.05, 3.63) is 12.1 Å². The Bertz CT molecular complexity index is 584. The van der Waals surface area contributed by atoms with Crippen LogP contribution < -0.4 is 9.80 Å². The molecule has 6 heteroatoms. The van der Waals surface area contributed by atoms with E-state index in [1.54, 1.807) is 0 Å². The van der Waals surface area contributed by atoms with Crippen molar-refractivity contribution < 1.29 is 4.79 Å². The van der Waals surface area contributed by atoms with Crippen molar-refractivity contribution in [3.8, 4) is 0 Å². The molecule has 1 aromatic heterocycles. The Morgan fingerprint density at radius 2 is 1.44 bits per heavy atom. The summed E-state index contributed by atoms with van der Waals surface area (Å²) in [4.78, 5) is 19.0. The van der Waals surface area contributed by atoms with E-state index < -0.39 is 0 Å². The first-order chi connectivity index (χ1) is 12.2. The molecule has 6 nitrogen and oxygen atoms in total. The molecule has 0 N–H and O–H groups in total. The lowest BCUT2D eigenvalue weighted by molar-refractivity contribution is -0.138. The molecule has 4 rings (SSSR count).